The number of tetrazole rings is 1. The van der Waals surface area contributed by atoms with Gasteiger partial charge < -0.3 is 5.32 Å². The molecule has 1 unspecified atom stereocenters. The molecule has 0 saturated carbocycles. The summed E-state index contributed by atoms with van der Waals surface area (Å²) in [6, 6.07) is 0. The van der Waals surface area contributed by atoms with Gasteiger partial charge in [0, 0.05) is 10.8 Å². The van der Waals surface area contributed by atoms with Gasteiger partial charge in [0.05, 0.1) is 13.1 Å². The fourth-order valence-electron chi connectivity index (χ4n) is 1.15. The van der Waals surface area contributed by atoms with E-state index in [1.54, 1.807) is 0 Å². The first kappa shape index (κ1) is 13.4. The summed E-state index contributed by atoms with van der Waals surface area (Å²) in [6.07, 6.45) is 2.10. The maximum Gasteiger partial charge on any atom is 0.165 e. The van der Waals surface area contributed by atoms with E-state index in [9.17, 15) is 0 Å². The van der Waals surface area contributed by atoms with Crippen molar-refractivity contribution in [3.8, 4) is 0 Å². The molecule has 1 atom stereocenters. The molecule has 0 amide bonds. The average Bonchev–Trinajstić information content (AvgIpc) is 2.61. The van der Waals surface area contributed by atoms with E-state index in [4.69, 9.17) is 0 Å². The second kappa shape index (κ2) is 5.63. The van der Waals surface area contributed by atoms with Crippen molar-refractivity contribution >= 4 is 11.8 Å². The van der Waals surface area contributed by atoms with Gasteiger partial charge in [-0.15, -0.1) is 5.10 Å². The van der Waals surface area contributed by atoms with Crippen molar-refractivity contribution in [3.63, 3.8) is 0 Å². The van der Waals surface area contributed by atoms with Gasteiger partial charge in [0.15, 0.2) is 5.82 Å². The largest absolute Gasteiger partial charge is 0.305 e. The van der Waals surface area contributed by atoms with E-state index in [2.05, 4.69) is 54.8 Å². The lowest BCUT2D eigenvalue weighted by Gasteiger charge is -2.20. The minimum absolute atomic E-state index is 0.0852. The van der Waals surface area contributed by atoms with Gasteiger partial charge in [0.25, 0.3) is 0 Å². The van der Waals surface area contributed by atoms with Crippen LogP contribution in [-0.2, 0) is 13.1 Å². The van der Waals surface area contributed by atoms with E-state index in [1.165, 1.54) is 0 Å². The van der Waals surface area contributed by atoms with Crippen LogP contribution in [0.3, 0.4) is 0 Å². The molecule has 5 nitrogen and oxygen atoms in total. The molecule has 1 heterocycles. The van der Waals surface area contributed by atoms with Crippen molar-refractivity contribution in [2.45, 2.75) is 51.6 Å². The first-order valence-corrected chi connectivity index (χ1v) is 6.74. The van der Waals surface area contributed by atoms with Crippen LogP contribution in [-0.4, -0.2) is 37.3 Å². The lowest BCUT2D eigenvalue weighted by atomic mass is 10.1. The molecule has 1 N–H and O–H groups in total. The molecule has 1 aromatic heterocycles. The summed E-state index contributed by atoms with van der Waals surface area (Å²) < 4.78 is 1.87. The van der Waals surface area contributed by atoms with Crippen molar-refractivity contribution in [1.29, 1.82) is 0 Å². The quantitative estimate of drug-likeness (QED) is 0.845. The van der Waals surface area contributed by atoms with Crippen LogP contribution in [0, 0.1) is 0 Å². The standard InChI is InChI=1S/C10H21N5S/c1-8(16-5)7-15-9(12-13-14-15)6-11-10(2,3)4/h8,11H,6-7H2,1-5H3. The first-order chi connectivity index (χ1) is 7.42. The third-order valence-corrected chi connectivity index (χ3v) is 3.17. The molecule has 6 heteroatoms. The first-order valence-electron chi connectivity index (χ1n) is 5.45. The van der Waals surface area contributed by atoms with Crippen LogP contribution in [0.1, 0.15) is 33.5 Å². The van der Waals surface area contributed by atoms with Gasteiger partial charge in [-0.3, -0.25) is 0 Å². The molecule has 0 bridgehead atoms. The maximum atomic E-state index is 4.04. The number of thioether (sulfide) groups is 1. The van der Waals surface area contributed by atoms with E-state index in [0.29, 0.717) is 11.8 Å². The number of hydrogen-bond donors (Lipinski definition) is 1. The summed E-state index contributed by atoms with van der Waals surface area (Å²) in [4.78, 5) is 0. The Balaban J connectivity index is 2.57. The minimum Gasteiger partial charge on any atom is -0.305 e. The molecule has 0 aliphatic heterocycles. The van der Waals surface area contributed by atoms with Gasteiger partial charge in [-0.05, 0) is 37.5 Å². The third kappa shape index (κ3) is 4.49. The van der Waals surface area contributed by atoms with Crippen molar-refractivity contribution in [2.24, 2.45) is 0 Å². The molecular weight excluding hydrogens is 222 g/mol. The zero-order chi connectivity index (χ0) is 12.2. The van der Waals surface area contributed by atoms with Crippen LogP contribution >= 0.6 is 11.8 Å². The van der Waals surface area contributed by atoms with Crippen molar-refractivity contribution in [1.82, 2.24) is 25.5 Å². The van der Waals surface area contributed by atoms with E-state index in [0.717, 1.165) is 12.4 Å². The Labute approximate surface area is 101 Å². The second-order valence-electron chi connectivity index (χ2n) is 4.93. The Morgan fingerprint density at radius 3 is 2.69 bits per heavy atom. The molecule has 0 aliphatic rings. The molecule has 0 aliphatic carbocycles. The zero-order valence-electron chi connectivity index (χ0n) is 10.7. The summed E-state index contributed by atoms with van der Waals surface area (Å²) in [7, 11) is 0. The van der Waals surface area contributed by atoms with Gasteiger partial charge in [-0.25, -0.2) is 4.68 Å². The Bertz CT molecular complexity index is 317. The summed E-state index contributed by atoms with van der Waals surface area (Å²) in [6.45, 7) is 10.1. The minimum atomic E-state index is 0.0852. The summed E-state index contributed by atoms with van der Waals surface area (Å²) in [5, 5.41) is 15.7. The maximum absolute atomic E-state index is 4.04. The van der Waals surface area contributed by atoms with Gasteiger partial charge in [0.2, 0.25) is 0 Å². The predicted octanol–water partition coefficient (Wildman–Crippen LogP) is 1.31. The molecule has 0 spiro atoms. The molecule has 0 fully saturated rings. The number of aromatic nitrogens is 4. The Morgan fingerprint density at radius 2 is 2.12 bits per heavy atom. The number of nitrogens with one attached hydrogen (secondary N) is 1. The Morgan fingerprint density at radius 1 is 1.44 bits per heavy atom. The highest BCUT2D eigenvalue weighted by atomic mass is 32.2. The highest BCUT2D eigenvalue weighted by molar-refractivity contribution is 7.99. The van der Waals surface area contributed by atoms with Crippen molar-refractivity contribution in [3.05, 3.63) is 5.82 Å². The number of hydrogen-bond acceptors (Lipinski definition) is 5. The highest BCUT2D eigenvalue weighted by Gasteiger charge is 2.13. The zero-order valence-corrected chi connectivity index (χ0v) is 11.5. The topological polar surface area (TPSA) is 55.6 Å². The second-order valence-corrected chi connectivity index (χ2v) is 6.20. The predicted molar refractivity (Wildman–Crippen MR) is 67.4 cm³/mol. The fraction of sp³-hybridized carbons (Fsp3) is 0.900. The van der Waals surface area contributed by atoms with Crippen LogP contribution in [0.4, 0.5) is 0 Å². The van der Waals surface area contributed by atoms with Crippen molar-refractivity contribution in [2.75, 3.05) is 6.26 Å². The van der Waals surface area contributed by atoms with E-state index >= 15 is 0 Å². The van der Waals surface area contributed by atoms with Gasteiger partial charge in [0.1, 0.15) is 0 Å². The molecule has 16 heavy (non-hydrogen) atoms. The Kier molecular flexibility index (Phi) is 4.73. The third-order valence-electron chi connectivity index (χ3n) is 2.22. The van der Waals surface area contributed by atoms with Gasteiger partial charge in [-0.1, -0.05) is 6.92 Å². The molecular formula is C10H21N5S. The summed E-state index contributed by atoms with van der Waals surface area (Å²) in [5.41, 5.74) is 0.0852. The number of rotatable bonds is 5. The van der Waals surface area contributed by atoms with Crippen LogP contribution in [0.2, 0.25) is 0 Å². The summed E-state index contributed by atoms with van der Waals surface area (Å²) >= 11 is 1.82. The number of nitrogens with zero attached hydrogens (tertiary/aromatic N) is 4. The summed E-state index contributed by atoms with van der Waals surface area (Å²) in [5.74, 6) is 0.899. The van der Waals surface area contributed by atoms with Crippen LogP contribution in [0.25, 0.3) is 0 Å². The molecule has 0 radical (unpaired) electrons. The average molecular weight is 243 g/mol. The SMILES string of the molecule is CSC(C)Cn1nnnc1CNC(C)(C)C. The van der Waals surface area contributed by atoms with Gasteiger partial charge >= 0.3 is 0 Å². The smallest absolute Gasteiger partial charge is 0.165 e. The van der Waals surface area contributed by atoms with Crippen molar-refractivity contribution < 1.29 is 0 Å². The van der Waals surface area contributed by atoms with E-state index in [1.807, 2.05) is 16.4 Å². The van der Waals surface area contributed by atoms with Crippen LogP contribution in [0.5, 0.6) is 0 Å². The van der Waals surface area contributed by atoms with Crippen LogP contribution in [0.15, 0.2) is 0 Å². The van der Waals surface area contributed by atoms with E-state index < -0.39 is 0 Å². The molecule has 1 rings (SSSR count). The molecule has 92 valence electrons. The Hall–Kier alpha value is -0.620. The van der Waals surface area contributed by atoms with Gasteiger partial charge in [-0.2, -0.15) is 11.8 Å². The molecule has 0 saturated heterocycles. The normalized spacial score (nSPS) is 14.1. The lowest BCUT2D eigenvalue weighted by Crippen LogP contribution is -2.36. The van der Waals surface area contributed by atoms with E-state index in [-0.39, 0.29) is 5.54 Å². The molecule has 1 aromatic rings. The lowest BCUT2D eigenvalue weighted by molar-refractivity contribution is 0.407. The fourth-order valence-corrected chi connectivity index (χ4v) is 1.44. The monoisotopic (exact) mass is 243 g/mol. The highest BCUT2D eigenvalue weighted by Crippen LogP contribution is 2.08. The molecule has 0 aromatic carbocycles. The van der Waals surface area contributed by atoms with Crippen LogP contribution < -0.4 is 5.32 Å².